The van der Waals surface area contributed by atoms with E-state index in [0.29, 0.717) is 4.88 Å². The predicted octanol–water partition coefficient (Wildman–Crippen LogP) is 1.82. The largest absolute Gasteiger partial charge is 0.341 e. The number of carbonyl (C=O) groups is 2. The summed E-state index contributed by atoms with van der Waals surface area (Å²) in [5.41, 5.74) is 0.968. The summed E-state index contributed by atoms with van der Waals surface area (Å²) in [6.45, 7) is 1.90. The number of hydrogen-bond donors (Lipinski definition) is 1. The van der Waals surface area contributed by atoms with Crippen molar-refractivity contribution in [2.45, 2.75) is 19.4 Å². The van der Waals surface area contributed by atoms with Crippen molar-refractivity contribution in [1.82, 2.24) is 5.32 Å². The molecule has 1 atom stereocenters. The molecule has 1 aromatic rings. The van der Waals surface area contributed by atoms with E-state index < -0.39 is 0 Å². The second kappa shape index (κ2) is 4.37. The van der Waals surface area contributed by atoms with Crippen LogP contribution in [-0.4, -0.2) is 22.8 Å². The van der Waals surface area contributed by atoms with Gasteiger partial charge in [-0.1, -0.05) is 11.8 Å². The second-order valence-corrected chi connectivity index (χ2v) is 5.43. The van der Waals surface area contributed by atoms with Crippen molar-refractivity contribution >= 4 is 34.1 Å². The highest BCUT2D eigenvalue weighted by Crippen LogP contribution is 2.21. The summed E-state index contributed by atoms with van der Waals surface area (Å²) < 4.78 is 0. The lowest BCUT2D eigenvalue weighted by Gasteiger charge is -2.09. The van der Waals surface area contributed by atoms with Gasteiger partial charge in [-0.3, -0.25) is 9.59 Å². The lowest BCUT2D eigenvalue weighted by atomic mass is 10.2. The van der Waals surface area contributed by atoms with Crippen LogP contribution in [0.4, 0.5) is 0 Å². The predicted molar refractivity (Wildman–Crippen MR) is 62.4 cm³/mol. The summed E-state index contributed by atoms with van der Waals surface area (Å²) in [5.74, 6) is 0.691. The summed E-state index contributed by atoms with van der Waals surface area (Å²) in [7, 11) is 0. The molecule has 1 saturated heterocycles. The third kappa shape index (κ3) is 2.23. The highest BCUT2D eigenvalue weighted by molar-refractivity contribution is 8.14. The topological polar surface area (TPSA) is 46.2 Å². The minimum absolute atomic E-state index is 0.0811. The van der Waals surface area contributed by atoms with Crippen LogP contribution in [0, 0.1) is 6.92 Å². The highest BCUT2D eigenvalue weighted by Gasteiger charge is 2.27. The fraction of sp³-hybridized carbons (Fsp3) is 0.400. The molecule has 0 spiro atoms. The van der Waals surface area contributed by atoms with Crippen LogP contribution in [0.25, 0.3) is 0 Å². The molecule has 5 heteroatoms. The Morgan fingerprint density at radius 1 is 1.60 bits per heavy atom. The lowest BCUT2D eigenvalue weighted by Crippen LogP contribution is -2.36. The first-order valence-corrected chi connectivity index (χ1v) is 6.56. The molecule has 15 heavy (non-hydrogen) atoms. The van der Waals surface area contributed by atoms with Gasteiger partial charge in [0, 0.05) is 5.75 Å². The second-order valence-electron chi connectivity index (χ2n) is 3.41. The molecule has 2 rings (SSSR count). The maximum atomic E-state index is 11.8. The molecule has 0 aromatic carbocycles. The van der Waals surface area contributed by atoms with E-state index in [1.54, 1.807) is 0 Å². The maximum absolute atomic E-state index is 11.8. The number of rotatable bonds is 2. The highest BCUT2D eigenvalue weighted by atomic mass is 32.2. The molecule has 80 valence electrons. The Bertz CT molecular complexity index is 400. The van der Waals surface area contributed by atoms with Crippen LogP contribution < -0.4 is 5.32 Å². The van der Waals surface area contributed by atoms with Crippen molar-refractivity contribution < 1.29 is 9.59 Å². The summed E-state index contributed by atoms with van der Waals surface area (Å²) in [6.07, 6.45) is 0.750. The quantitative estimate of drug-likeness (QED) is 0.859. The number of nitrogens with one attached hydrogen (secondary N) is 1. The van der Waals surface area contributed by atoms with Crippen molar-refractivity contribution in [2.75, 3.05) is 5.75 Å². The van der Waals surface area contributed by atoms with Gasteiger partial charge >= 0.3 is 0 Å². The van der Waals surface area contributed by atoms with E-state index in [9.17, 15) is 9.59 Å². The summed E-state index contributed by atoms with van der Waals surface area (Å²) in [4.78, 5) is 23.8. The third-order valence-corrected chi connectivity index (χ3v) is 4.33. The van der Waals surface area contributed by atoms with Crippen molar-refractivity contribution in [2.24, 2.45) is 0 Å². The van der Waals surface area contributed by atoms with Crippen LogP contribution in [0.15, 0.2) is 11.4 Å². The minimum Gasteiger partial charge on any atom is -0.341 e. The minimum atomic E-state index is -0.288. The van der Waals surface area contributed by atoms with Crippen LogP contribution in [0.1, 0.15) is 21.7 Å². The Balaban J connectivity index is 2.04. The number of carbonyl (C=O) groups excluding carboxylic acids is 2. The fourth-order valence-electron chi connectivity index (χ4n) is 1.46. The molecule has 0 bridgehead atoms. The van der Waals surface area contributed by atoms with Gasteiger partial charge in [0.15, 0.2) is 0 Å². The van der Waals surface area contributed by atoms with Gasteiger partial charge < -0.3 is 5.32 Å². The van der Waals surface area contributed by atoms with Gasteiger partial charge in [-0.2, -0.15) is 0 Å². The van der Waals surface area contributed by atoms with Crippen LogP contribution >= 0.6 is 23.1 Å². The summed E-state index contributed by atoms with van der Waals surface area (Å²) in [6, 6.07) is 1.62. The standard InChI is InChI=1S/C10H11NO2S2/c1-6-2-4-14-8(6)9(12)11-7-3-5-15-10(7)13/h2,4,7H,3,5H2,1H3,(H,11,12). The average molecular weight is 241 g/mol. The average Bonchev–Trinajstić information content (AvgIpc) is 2.76. The third-order valence-electron chi connectivity index (χ3n) is 2.31. The fourth-order valence-corrected chi connectivity index (χ4v) is 3.22. The molecule has 1 fully saturated rings. The first kappa shape index (κ1) is 10.7. The molecule has 0 aliphatic carbocycles. The molecule has 1 aliphatic heterocycles. The summed E-state index contributed by atoms with van der Waals surface area (Å²) >= 11 is 2.71. The molecule has 1 unspecified atom stereocenters. The van der Waals surface area contributed by atoms with Crippen LogP contribution in [-0.2, 0) is 4.79 Å². The van der Waals surface area contributed by atoms with Crippen molar-refractivity contribution in [3.05, 3.63) is 21.9 Å². The van der Waals surface area contributed by atoms with E-state index in [1.165, 1.54) is 23.1 Å². The van der Waals surface area contributed by atoms with Crippen molar-refractivity contribution in [3.8, 4) is 0 Å². The van der Waals surface area contributed by atoms with E-state index in [1.807, 2.05) is 18.4 Å². The Kier molecular flexibility index (Phi) is 3.11. The zero-order valence-corrected chi connectivity index (χ0v) is 9.91. The van der Waals surface area contributed by atoms with Crippen LogP contribution in [0.5, 0.6) is 0 Å². The van der Waals surface area contributed by atoms with Crippen LogP contribution in [0.2, 0.25) is 0 Å². The van der Waals surface area contributed by atoms with E-state index in [4.69, 9.17) is 0 Å². The van der Waals surface area contributed by atoms with Gasteiger partial charge in [0.05, 0.1) is 10.9 Å². The van der Waals surface area contributed by atoms with Crippen molar-refractivity contribution in [3.63, 3.8) is 0 Å². The molecule has 2 heterocycles. The number of aryl methyl sites for hydroxylation is 1. The molecular formula is C10H11NO2S2. The van der Waals surface area contributed by atoms with Gasteiger partial charge in [-0.25, -0.2) is 0 Å². The first-order valence-electron chi connectivity index (χ1n) is 4.70. The molecular weight excluding hydrogens is 230 g/mol. The number of thioether (sulfide) groups is 1. The number of hydrogen-bond acceptors (Lipinski definition) is 4. The van der Waals surface area contributed by atoms with E-state index >= 15 is 0 Å². The molecule has 1 aliphatic rings. The van der Waals surface area contributed by atoms with E-state index in [0.717, 1.165) is 17.7 Å². The maximum Gasteiger partial charge on any atom is 0.262 e. The lowest BCUT2D eigenvalue weighted by molar-refractivity contribution is -0.112. The molecule has 1 amide bonds. The SMILES string of the molecule is Cc1ccsc1C(=O)NC1CCSC1=O. The Morgan fingerprint density at radius 3 is 2.93 bits per heavy atom. The normalized spacial score (nSPS) is 20.6. The molecule has 0 radical (unpaired) electrons. The monoisotopic (exact) mass is 241 g/mol. The smallest absolute Gasteiger partial charge is 0.262 e. The van der Waals surface area contributed by atoms with Gasteiger partial charge in [0.1, 0.15) is 0 Å². The Hall–Kier alpha value is -0.810. The van der Waals surface area contributed by atoms with Gasteiger partial charge in [0.2, 0.25) is 5.12 Å². The Labute approximate surface area is 96.3 Å². The molecule has 3 nitrogen and oxygen atoms in total. The van der Waals surface area contributed by atoms with Crippen LogP contribution in [0.3, 0.4) is 0 Å². The molecule has 1 N–H and O–H groups in total. The zero-order chi connectivity index (χ0) is 10.8. The van der Waals surface area contributed by atoms with Gasteiger partial charge in [0.25, 0.3) is 5.91 Å². The van der Waals surface area contributed by atoms with Crippen molar-refractivity contribution in [1.29, 1.82) is 0 Å². The molecule has 0 saturated carbocycles. The zero-order valence-electron chi connectivity index (χ0n) is 8.28. The molecule has 1 aromatic heterocycles. The number of thiophene rings is 1. The summed E-state index contributed by atoms with van der Waals surface area (Å²) in [5, 5.41) is 4.74. The van der Waals surface area contributed by atoms with E-state index in [-0.39, 0.29) is 17.1 Å². The van der Waals surface area contributed by atoms with Gasteiger partial charge in [-0.05, 0) is 30.4 Å². The first-order chi connectivity index (χ1) is 7.18. The van der Waals surface area contributed by atoms with Gasteiger partial charge in [-0.15, -0.1) is 11.3 Å². The Morgan fingerprint density at radius 2 is 2.40 bits per heavy atom. The number of amides is 1. The van der Waals surface area contributed by atoms with E-state index in [2.05, 4.69) is 5.32 Å².